The number of anilines is 1. The summed E-state index contributed by atoms with van der Waals surface area (Å²) in [5.74, 6) is 0.348. The SMILES string of the molecule is COc1ccc(NC(=O)C[S@@](=O)CC(=O)N[C@H](C)CCc2ccco2)cc1. The van der Waals surface area contributed by atoms with Gasteiger partial charge in [0.05, 0.1) is 13.4 Å². The van der Waals surface area contributed by atoms with E-state index >= 15 is 0 Å². The van der Waals surface area contributed by atoms with Crippen LogP contribution in [0.2, 0.25) is 0 Å². The van der Waals surface area contributed by atoms with E-state index in [-0.39, 0.29) is 23.5 Å². The van der Waals surface area contributed by atoms with Gasteiger partial charge in [0.15, 0.2) is 0 Å². The van der Waals surface area contributed by atoms with Crippen LogP contribution in [0, 0.1) is 0 Å². The van der Waals surface area contributed by atoms with Gasteiger partial charge >= 0.3 is 0 Å². The van der Waals surface area contributed by atoms with E-state index in [1.807, 2.05) is 19.1 Å². The molecule has 2 aromatic rings. The Morgan fingerprint density at radius 2 is 1.85 bits per heavy atom. The molecule has 0 spiro atoms. The lowest BCUT2D eigenvalue weighted by atomic mass is 10.1. The van der Waals surface area contributed by atoms with Gasteiger partial charge in [0.1, 0.15) is 23.0 Å². The van der Waals surface area contributed by atoms with Crippen LogP contribution in [0.25, 0.3) is 0 Å². The number of hydrogen-bond acceptors (Lipinski definition) is 5. The first-order valence-corrected chi connectivity index (χ1v) is 10.1. The third-order valence-electron chi connectivity index (χ3n) is 3.77. The molecule has 1 aromatic carbocycles. The van der Waals surface area contributed by atoms with Crippen molar-refractivity contribution in [2.75, 3.05) is 23.9 Å². The third kappa shape index (κ3) is 7.65. The molecule has 27 heavy (non-hydrogen) atoms. The van der Waals surface area contributed by atoms with Gasteiger partial charge in [-0.2, -0.15) is 0 Å². The molecule has 8 heteroatoms. The van der Waals surface area contributed by atoms with E-state index in [0.29, 0.717) is 24.3 Å². The maximum absolute atomic E-state index is 12.0. The monoisotopic (exact) mass is 392 g/mol. The molecule has 7 nitrogen and oxygen atoms in total. The molecular formula is C19H24N2O5S. The number of ether oxygens (including phenoxy) is 1. The Morgan fingerprint density at radius 1 is 1.15 bits per heavy atom. The number of nitrogens with one attached hydrogen (secondary N) is 2. The molecule has 1 heterocycles. The Labute approximate surface area is 160 Å². The Bertz CT molecular complexity index is 759. The molecule has 0 aliphatic carbocycles. The first-order valence-electron chi connectivity index (χ1n) is 8.57. The van der Waals surface area contributed by atoms with E-state index in [1.54, 1.807) is 37.6 Å². The predicted molar refractivity (Wildman–Crippen MR) is 104 cm³/mol. The quantitative estimate of drug-likeness (QED) is 0.645. The Balaban J connectivity index is 1.68. The van der Waals surface area contributed by atoms with Gasteiger partial charge in [-0.25, -0.2) is 0 Å². The highest BCUT2D eigenvalue weighted by molar-refractivity contribution is 7.86. The van der Waals surface area contributed by atoms with Crippen molar-refractivity contribution < 1.29 is 23.0 Å². The number of carbonyl (C=O) groups is 2. The summed E-state index contributed by atoms with van der Waals surface area (Å²) in [6.07, 6.45) is 3.03. The van der Waals surface area contributed by atoms with Crippen molar-refractivity contribution in [2.45, 2.75) is 25.8 Å². The number of amides is 2. The van der Waals surface area contributed by atoms with Crippen LogP contribution in [0.5, 0.6) is 5.75 Å². The molecule has 0 saturated heterocycles. The van der Waals surface area contributed by atoms with Crippen molar-refractivity contribution in [1.82, 2.24) is 5.32 Å². The summed E-state index contributed by atoms with van der Waals surface area (Å²) in [5, 5.41) is 5.43. The summed E-state index contributed by atoms with van der Waals surface area (Å²) in [5.41, 5.74) is 0.578. The molecule has 0 unspecified atom stereocenters. The van der Waals surface area contributed by atoms with Crippen LogP contribution in [-0.2, 0) is 26.8 Å². The second kappa shape index (κ2) is 10.5. The standard InChI is InChI=1S/C19H24N2O5S/c1-14(5-8-17-4-3-11-26-17)20-18(22)12-27(24)13-19(23)21-15-6-9-16(25-2)10-7-15/h3-4,6-7,9-11,14H,5,8,12-13H2,1-2H3,(H,20,22)(H,21,23)/t14-,27+/m1/s1. The lowest BCUT2D eigenvalue weighted by Gasteiger charge is -2.13. The molecule has 1 aromatic heterocycles. The van der Waals surface area contributed by atoms with Crippen LogP contribution in [0.15, 0.2) is 47.1 Å². The van der Waals surface area contributed by atoms with E-state index in [9.17, 15) is 13.8 Å². The maximum Gasteiger partial charge on any atom is 0.237 e. The minimum Gasteiger partial charge on any atom is -0.497 e. The minimum absolute atomic E-state index is 0.0762. The van der Waals surface area contributed by atoms with Gasteiger partial charge in [0.25, 0.3) is 0 Å². The second-order valence-electron chi connectivity index (χ2n) is 6.09. The molecule has 0 aliphatic heterocycles. The predicted octanol–water partition coefficient (Wildman–Crippen LogP) is 2.11. The molecule has 2 atom stereocenters. The first kappa shape index (κ1) is 20.7. The van der Waals surface area contributed by atoms with Crippen LogP contribution >= 0.6 is 0 Å². The third-order valence-corrected chi connectivity index (χ3v) is 4.94. The van der Waals surface area contributed by atoms with Crippen LogP contribution in [0.4, 0.5) is 5.69 Å². The molecule has 0 aliphatic rings. The number of benzene rings is 1. The van der Waals surface area contributed by atoms with E-state index in [2.05, 4.69) is 10.6 Å². The summed E-state index contributed by atoms with van der Waals surface area (Å²) in [7, 11) is -0.0219. The molecule has 0 saturated carbocycles. The fraction of sp³-hybridized carbons (Fsp3) is 0.368. The molecule has 0 fully saturated rings. The summed E-state index contributed by atoms with van der Waals surface area (Å²) in [6, 6.07) is 10.4. The number of aryl methyl sites for hydroxylation is 1. The maximum atomic E-state index is 12.0. The average Bonchev–Trinajstić information content (AvgIpc) is 3.13. The fourth-order valence-corrected chi connectivity index (χ4v) is 3.26. The van der Waals surface area contributed by atoms with Crippen LogP contribution in [0.1, 0.15) is 19.1 Å². The normalized spacial score (nSPS) is 12.8. The Kier molecular flexibility index (Phi) is 8.06. The lowest BCUT2D eigenvalue weighted by molar-refractivity contribution is -0.119. The summed E-state index contributed by atoms with van der Waals surface area (Å²) < 4.78 is 22.3. The van der Waals surface area contributed by atoms with Crippen molar-refractivity contribution in [1.29, 1.82) is 0 Å². The first-order chi connectivity index (χ1) is 13.0. The zero-order chi connectivity index (χ0) is 19.6. The minimum atomic E-state index is -1.58. The van der Waals surface area contributed by atoms with Crippen LogP contribution in [0.3, 0.4) is 0 Å². The zero-order valence-corrected chi connectivity index (χ0v) is 16.2. The number of methoxy groups -OCH3 is 1. The van der Waals surface area contributed by atoms with Crippen molar-refractivity contribution in [3.05, 3.63) is 48.4 Å². The molecule has 2 rings (SSSR count). The van der Waals surface area contributed by atoms with Crippen molar-refractivity contribution in [2.24, 2.45) is 0 Å². The van der Waals surface area contributed by atoms with Crippen molar-refractivity contribution in [3.63, 3.8) is 0 Å². The summed E-state index contributed by atoms with van der Waals surface area (Å²) in [4.78, 5) is 23.9. The molecule has 2 N–H and O–H groups in total. The van der Waals surface area contributed by atoms with Crippen LogP contribution in [-0.4, -0.2) is 40.7 Å². The second-order valence-corrected chi connectivity index (χ2v) is 7.55. The van der Waals surface area contributed by atoms with Crippen LogP contribution < -0.4 is 15.4 Å². The number of carbonyl (C=O) groups excluding carboxylic acids is 2. The van der Waals surface area contributed by atoms with Gasteiger partial charge in [0.2, 0.25) is 11.8 Å². The molecule has 0 radical (unpaired) electrons. The van der Waals surface area contributed by atoms with Gasteiger partial charge in [0, 0.05) is 28.9 Å². The fourth-order valence-electron chi connectivity index (χ4n) is 2.42. The van der Waals surface area contributed by atoms with Crippen molar-refractivity contribution >= 4 is 28.3 Å². The summed E-state index contributed by atoms with van der Waals surface area (Å²) >= 11 is 0. The van der Waals surface area contributed by atoms with E-state index in [0.717, 1.165) is 5.76 Å². The average molecular weight is 392 g/mol. The lowest BCUT2D eigenvalue weighted by Crippen LogP contribution is -2.37. The Morgan fingerprint density at radius 3 is 2.48 bits per heavy atom. The largest absolute Gasteiger partial charge is 0.497 e. The van der Waals surface area contributed by atoms with Gasteiger partial charge in [-0.3, -0.25) is 13.8 Å². The zero-order valence-electron chi connectivity index (χ0n) is 15.4. The highest BCUT2D eigenvalue weighted by atomic mass is 32.2. The van der Waals surface area contributed by atoms with Crippen molar-refractivity contribution in [3.8, 4) is 5.75 Å². The van der Waals surface area contributed by atoms with E-state index in [1.165, 1.54) is 0 Å². The molecule has 146 valence electrons. The number of furan rings is 1. The van der Waals surface area contributed by atoms with Gasteiger partial charge in [-0.1, -0.05) is 0 Å². The smallest absolute Gasteiger partial charge is 0.237 e. The topological polar surface area (TPSA) is 97.6 Å². The van der Waals surface area contributed by atoms with Gasteiger partial charge < -0.3 is 19.8 Å². The molecule has 0 bridgehead atoms. The van der Waals surface area contributed by atoms with E-state index < -0.39 is 16.7 Å². The van der Waals surface area contributed by atoms with Gasteiger partial charge in [-0.15, -0.1) is 0 Å². The number of rotatable bonds is 10. The molecule has 2 amide bonds. The van der Waals surface area contributed by atoms with Gasteiger partial charge in [-0.05, 0) is 49.7 Å². The molecular weight excluding hydrogens is 368 g/mol. The van der Waals surface area contributed by atoms with E-state index in [4.69, 9.17) is 9.15 Å². The Hall–Kier alpha value is -2.61. The highest BCUT2D eigenvalue weighted by Crippen LogP contribution is 2.14. The number of hydrogen-bond donors (Lipinski definition) is 2. The summed E-state index contributed by atoms with van der Waals surface area (Å²) in [6.45, 7) is 1.88. The highest BCUT2D eigenvalue weighted by Gasteiger charge is 2.15.